The molecule has 0 radical (unpaired) electrons. The van der Waals surface area contributed by atoms with Gasteiger partial charge in [-0.15, -0.1) is 0 Å². The summed E-state index contributed by atoms with van der Waals surface area (Å²) < 4.78 is 16.9. The summed E-state index contributed by atoms with van der Waals surface area (Å²) in [6.07, 6.45) is -0.619. The average Bonchev–Trinajstić information content (AvgIpc) is 2.61. The lowest BCUT2D eigenvalue weighted by molar-refractivity contribution is -0.140. The van der Waals surface area contributed by atoms with Crippen molar-refractivity contribution < 1.29 is 19.0 Å². The highest BCUT2D eigenvalue weighted by Crippen LogP contribution is 2.31. The van der Waals surface area contributed by atoms with Crippen molar-refractivity contribution in [3.05, 3.63) is 54.6 Å². The Hall–Kier alpha value is -2.69. The van der Waals surface area contributed by atoms with Gasteiger partial charge in [0.15, 0.2) is 11.5 Å². The van der Waals surface area contributed by atoms with E-state index in [0.717, 1.165) is 5.75 Å². The second-order valence-corrected chi connectivity index (χ2v) is 5.29. The van der Waals surface area contributed by atoms with Crippen LogP contribution in [0.4, 0.5) is 0 Å². The number of benzene rings is 2. The van der Waals surface area contributed by atoms with Gasteiger partial charge in [-0.3, -0.25) is 4.79 Å². The third-order valence-electron chi connectivity index (χ3n) is 3.60. The first kappa shape index (κ1) is 15.2. The van der Waals surface area contributed by atoms with Crippen LogP contribution in [0.2, 0.25) is 0 Å². The second-order valence-electron chi connectivity index (χ2n) is 5.29. The summed E-state index contributed by atoms with van der Waals surface area (Å²) in [5, 5.41) is 0. The van der Waals surface area contributed by atoms with Crippen molar-refractivity contribution in [2.24, 2.45) is 0 Å². The highest BCUT2D eigenvalue weighted by Gasteiger charge is 2.29. The first-order valence-corrected chi connectivity index (χ1v) is 7.55. The number of ether oxygens (including phenoxy) is 3. The van der Waals surface area contributed by atoms with Crippen molar-refractivity contribution in [2.45, 2.75) is 6.10 Å². The maximum atomic E-state index is 12.4. The Bertz CT molecular complexity index is 659. The molecule has 3 rings (SSSR count). The Labute approximate surface area is 135 Å². The van der Waals surface area contributed by atoms with Gasteiger partial charge in [-0.2, -0.15) is 0 Å². The Morgan fingerprint density at radius 2 is 1.83 bits per heavy atom. The van der Waals surface area contributed by atoms with Gasteiger partial charge in [-0.25, -0.2) is 0 Å². The van der Waals surface area contributed by atoms with Gasteiger partial charge in [0.2, 0.25) is 6.10 Å². The van der Waals surface area contributed by atoms with Crippen molar-refractivity contribution in [2.75, 3.05) is 26.8 Å². The van der Waals surface area contributed by atoms with Crippen molar-refractivity contribution in [1.82, 2.24) is 4.90 Å². The highest BCUT2D eigenvalue weighted by atomic mass is 16.6. The zero-order valence-corrected chi connectivity index (χ0v) is 13.0. The number of carbonyl (C=O) groups excluding carboxylic acids is 1. The van der Waals surface area contributed by atoms with Gasteiger partial charge in [0, 0.05) is 7.05 Å². The molecule has 23 heavy (non-hydrogen) atoms. The molecule has 5 nitrogen and oxygen atoms in total. The predicted molar refractivity (Wildman–Crippen MR) is 85.9 cm³/mol. The summed E-state index contributed by atoms with van der Waals surface area (Å²) in [7, 11) is 1.74. The monoisotopic (exact) mass is 313 g/mol. The van der Waals surface area contributed by atoms with Gasteiger partial charge >= 0.3 is 0 Å². The summed E-state index contributed by atoms with van der Waals surface area (Å²) in [6.45, 7) is 1.13. The normalized spacial score (nSPS) is 15.8. The number of hydrogen-bond acceptors (Lipinski definition) is 4. The standard InChI is InChI=1S/C18H19NO4/c1-19(11-12-21-14-7-3-2-4-8-14)18(20)17-13-22-15-9-5-6-10-16(15)23-17/h2-10,17H,11-13H2,1H3. The van der Waals surface area contributed by atoms with Crippen LogP contribution in [0.15, 0.2) is 54.6 Å². The molecule has 0 bridgehead atoms. The third-order valence-corrected chi connectivity index (χ3v) is 3.60. The molecule has 1 aliphatic rings. The molecular weight excluding hydrogens is 294 g/mol. The van der Waals surface area contributed by atoms with Crippen molar-refractivity contribution >= 4 is 5.91 Å². The topological polar surface area (TPSA) is 48.0 Å². The molecule has 2 aromatic carbocycles. The molecule has 1 aliphatic heterocycles. The van der Waals surface area contributed by atoms with Gasteiger partial charge in [-0.05, 0) is 24.3 Å². The van der Waals surface area contributed by atoms with E-state index >= 15 is 0 Å². The number of para-hydroxylation sites is 3. The molecule has 0 saturated heterocycles. The number of likely N-dealkylation sites (N-methyl/N-ethyl adjacent to an activating group) is 1. The number of rotatable bonds is 5. The van der Waals surface area contributed by atoms with Crippen LogP contribution in [0, 0.1) is 0 Å². The maximum Gasteiger partial charge on any atom is 0.267 e. The van der Waals surface area contributed by atoms with E-state index in [0.29, 0.717) is 24.7 Å². The summed E-state index contributed by atoms with van der Waals surface area (Å²) in [4.78, 5) is 14.0. The average molecular weight is 313 g/mol. The summed E-state index contributed by atoms with van der Waals surface area (Å²) in [6, 6.07) is 16.9. The van der Waals surface area contributed by atoms with E-state index in [9.17, 15) is 4.79 Å². The largest absolute Gasteiger partial charge is 0.492 e. The van der Waals surface area contributed by atoms with Crippen LogP contribution < -0.4 is 14.2 Å². The molecule has 0 saturated carbocycles. The fourth-order valence-electron chi connectivity index (χ4n) is 2.31. The van der Waals surface area contributed by atoms with Crippen LogP contribution in [-0.2, 0) is 4.79 Å². The minimum Gasteiger partial charge on any atom is -0.492 e. The van der Waals surface area contributed by atoms with Gasteiger partial charge in [0.05, 0.1) is 6.54 Å². The van der Waals surface area contributed by atoms with E-state index in [-0.39, 0.29) is 12.5 Å². The van der Waals surface area contributed by atoms with Crippen LogP contribution >= 0.6 is 0 Å². The molecule has 1 atom stereocenters. The summed E-state index contributed by atoms with van der Waals surface area (Å²) in [5.41, 5.74) is 0. The fourth-order valence-corrected chi connectivity index (χ4v) is 2.31. The summed E-state index contributed by atoms with van der Waals surface area (Å²) in [5.74, 6) is 1.95. The van der Waals surface area contributed by atoms with E-state index in [2.05, 4.69) is 0 Å². The lowest BCUT2D eigenvalue weighted by Gasteiger charge is -2.28. The smallest absolute Gasteiger partial charge is 0.267 e. The van der Waals surface area contributed by atoms with Crippen LogP contribution in [0.5, 0.6) is 17.2 Å². The number of nitrogens with zero attached hydrogens (tertiary/aromatic N) is 1. The fraction of sp³-hybridized carbons (Fsp3) is 0.278. The lowest BCUT2D eigenvalue weighted by atomic mass is 10.2. The summed E-state index contributed by atoms with van der Waals surface area (Å²) >= 11 is 0. The molecule has 1 amide bonds. The SMILES string of the molecule is CN(CCOc1ccccc1)C(=O)C1COc2ccccc2O1. The van der Waals surface area contributed by atoms with Crippen LogP contribution in [0.3, 0.4) is 0 Å². The molecule has 120 valence electrons. The van der Waals surface area contributed by atoms with Gasteiger partial charge in [-0.1, -0.05) is 30.3 Å². The van der Waals surface area contributed by atoms with E-state index in [1.54, 1.807) is 18.0 Å². The lowest BCUT2D eigenvalue weighted by Crippen LogP contribution is -2.45. The van der Waals surface area contributed by atoms with Gasteiger partial charge < -0.3 is 19.1 Å². The minimum absolute atomic E-state index is 0.115. The molecule has 0 N–H and O–H groups in total. The van der Waals surface area contributed by atoms with E-state index < -0.39 is 6.10 Å². The number of amides is 1. The number of carbonyl (C=O) groups is 1. The van der Waals surface area contributed by atoms with E-state index in [1.165, 1.54) is 0 Å². The number of hydrogen-bond donors (Lipinski definition) is 0. The van der Waals surface area contributed by atoms with E-state index in [4.69, 9.17) is 14.2 Å². The number of fused-ring (bicyclic) bond motifs is 1. The molecule has 0 fully saturated rings. The predicted octanol–water partition coefficient (Wildman–Crippen LogP) is 2.36. The van der Waals surface area contributed by atoms with Crippen LogP contribution in [-0.4, -0.2) is 43.7 Å². The Morgan fingerprint density at radius 3 is 2.61 bits per heavy atom. The van der Waals surface area contributed by atoms with Gasteiger partial charge in [0.25, 0.3) is 5.91 Å². The molecule has 0 aliphatic carbocycles. The molecule has 1 unspecified atom stereocenters. The quantitative estimate of drug-likeness (QED) is 0.850. The highest BCUT2D eigenvalue weighted by molar-refractivity contribution is 5.81. The molecule has 1 heterocycles. The second kappa shape index (κ2) is 7.05. The van der Waals surface area contributed by atoms with Gasteiger partial charge in [0.1, 0.15) is 19.0 Å². The van der Waals surface area contributed by atoms with Crippen molar-refractivity contribution in [3.8, 4) is 17.2 Å². The molecule has 0 spiro atoms. The Morgan fingerprint density at radius 1 is 1.13 bits per heavy atom. The van der Waals surface area contributed by atoms with Crippen LogP contribution in [0.25, 0.3) is 0 Å². The Kier molecular flexibility index (Phi) is 4.66. The minimum atomic E-state index is -0.619. The zero-order valence-electron chi connectivity index (χ0n) is 13.0. The van der Waals surface area contributed by atoms with Crippen molar-refractivity contribution in [3.63, 3.8) is 0 Å². The molecule has 5 heteroatoms. The first-order valence-electron chi connectivity index (χ1n) is 7.55. The molecule has 2 aromatic rings. The zero-order chi connectivity index (χ0) is 16.1. The third kappa shape index (κ3) is 3.74. The molecule has 0 aromatic heterocycles. The van der Waals surface area contributed by atoms with Crippen molar-refractivity contribution in [1.29, 1.82) is 0 Å². The van der Waals surface area contributed by atoms with Crippen LogP contribution in [0.1, 0.15) is 0 Å². The molecular formula is C18H19NO4. The van der Waals surface area contributed by atoms with E-state index in [1.807, 2.05) is 48.5 Å². The maximum absolute atomic E-state index is 12.4. The Balaban J connectivity index is 1.50. The first-order chi connectivity index (χ1) is 11.2.